The molecule has 3 aliphatic heterocycles. The summed E-state index contributed by atoms with van der Waals surface area (Å²) in [5, 5.41) is 19.7. The number of aliphatic carboxylic acids is 1. The third-order valence-electron chi connectivity index (χ3n) is 6.96. The Labute approximate surface area is 210 Å². The van der Waals surface area contributed by atoms with Gasteiger partial charge < -0.3 is 24.3 Å². The molecule has 2 aromatic carbocycles. The molecule has 0 spiro atoms. The van der Waals surface area contributed by atoms with Crippen LogP contribution in [-0.4, -0.2) is 44.1 Å². The van der Waals surface area contributed by atoms with Crippen LogP contribution in [-0.2, 0) is 16.2 Å². The van der Waals surface area contributed by atoms with Crippen LogP contribution in [0.4, 0.5) is 0 Å². The molecule has 9 nitrogen and oxygen atoms in total. The molecule has 0 radical (unpaired) electrons. The lowest BCUT2D eigenvalue weighted by Crippen LogP contribution is -2.61. The third-order valence-corrected chi connectivity index (χ3v) is 6.96. The zero-order valence-electron chi connectivity index (χ0n) is 19.7. The highest BCUT2D eigenvalue weighted by Crippen LogP contribution is 2.46. The lowest BCUT2D eigenvalue weighted by molar-refractivity contribution is -0.161. The number of nitrogens with zero attached hydrogens (tertiary/aromatic N) is 2. The fourth-order valence-electron chi connectivity index (χ4n) is 5.17. The number of amides is 1. The third kappa shape index (κ3) is 3.84. The number of rotatable bonds is 6. The molecule has 0 aromatic heterocycles. The summed E-state index contributed by atoms with van der Waals surface area (Å²) in [5.74, 6) is -1.11. The van der Waals surface area contributed by atoms with Gasteiger partial charge in [-0.05, 0) is 54.3 Å². The molecule has 2 aromatic rings. The first-order valence-corrected chi connectivity index (χ1v) is 11.8. The molecule has 2 N–H and O–H groups in total. The Balaban J connectivity index is 1.20. The van der Waals surface area contributed by atoms with Gasteiger partial charge >= 0.3 is 5.97 Å². The SMILES string of the molecule is C[C@@H](O)[C@H]1C(=O)N2C(C(=O)O)=C(c3ccc(COc4ccc5nc6ccc(=O)cc-6oc5c4)cc3)C[C@H]12. The van der Waals surface area contributed by atoms with Crippen molar-refractivity contribution in [3.63, 3.8) is 0 Å². The maximum atomic E-state index is 12.4. The van der Waals surface area contributed by atoms with E-state index in [0.29, 0.717) is 45.9 Å². The summed E-state index contributed by atoms with van der Waals surface area (Å²) < 4.78 is 11.8. The first-order valence-electron chi connectivity index (χ1n) is 11.8. The average Bonchev–Trinajstić information content (AvgIpc) is 3.21. The monoisotopic (exact) mass is 498 g/mol. The topological polar surface area (TPSA) is 130 Å². The number of hydrogen-bond donors (Lipinski definition) is 2. The molecule has 0 bridgehead atoms. The van der Waals surface area contributed by atoms with Gasteiger partial charge in [0.05, 0.1) is 18.1 Å². The van der Waals surface area contributed by atoms with Gasteiger partial charge in [-0.15, -0.1) is 0 Å². The summed E-state index contributed by atoms with van der Waals surface area (Å²) >= 11 is 0. The molecule has 3 atom stereocenters. The number of carboxylic acid groups (broad SMARTS) is 1. The van der Waals surface area contributed by atoms with Gasteiger partial charge in [0.1, 0.15) is 29.3 Å². The molecular formula is C28H22N2O7. The van der Waals surface area contributed by atoms with Gasteiger partial charge in [0.25, 0.3) is 0 Å². The van der Waals surface area contributed by atoms with E-state index in [1.807, 2.05) is 24.3 Å². The number of β-lactam (4-membered cyclic amide) rings is 1. The summed E-state index contributed by atoms with van der Waals surface area (Å²) in [5.41, 5.74) is 3.73. The molecule has 1 aliphatic carbocycles. The van der Waals surface area contributed by atoms with Crippen LogP contribution in [0.2, 0.25) is 0 Å². The highest BCUT2D eigenvalue weighted by Gasteiger charge is 2.56. The molecule has 6 rings (SSSR count). The van der Waals surface area contributed by atoms with Gasteiger partial charge in [-0.2, -0.15) is 0 Å². The number of aromatic nitrogens is 1. The molecule has 0 saturated carbocycles. The van der Waals surface area contributed by atoms with Crippen LogP contribution in [0.25, 0.3) is 28.1 Å². The molecule has 1 amide bonds. The van der Waals surface area contributed by atoms with Crippen molar-refractivity contribution in [3.8, 4) is 17.2 Å². The second-order valence-electron chi connectivity index (χ2n) is 9.34. The zero-order valence-corrected chi connectivity index (χ0v) is 19.7. The normalized spacial score (nSPS) is 19.7. The van der Waals surface area contributed by atoms with E-state index in [9.17, 15) is 24.6 Å². The van der Waals surface area contributed by atoms with Crippen LogP contribution < -0.4 is 10.2 Å². The Hall–Kier alpha value is -4.50. The fraction of sp³-hybridized carbons (Fsp3) is 0.214. The number of aliphatic hydroxyl groups excluding tert-OH is 1. The minimum absolute atomic E-state index is 0.0129. The Bertz CT molecular complexity index is 1620. The van der Waals surface area contributed by atoms with E-state index in [1.165, 1.54) is 17.0 Å². The Kier molecular flexibility index (Phi) is 5.31. The fourth-order valence-corrected chi connectivity index (χ4v) is 5.17. The van der Waals surface area contributed by atoms with Crippen LogP contribution in [0.15, 0.2) is 75.6 Å². The summed E-state index contributed by atoms with van der Waals surface area (Å²) in [7, 11) is 0. The van der Waals surface area contributed by atoms with Gasteiger partial charge in [0.15, 0.2) is 16.8 Å². The minimum Gasteiger partial charge on any atom is -0.489 e. The van der Waals surface area contributed by atoms with Crippen molar-refractivity contribution in [2.75, 3.05) is 0 Å². The first-order chi connectivity index (χ1) is 17.8. The van der Waals surface area contributed by atoms with Crippen LogP contribution in [0.5, 0.6) is 5.75 Å². The predicted molar refractivity (Wildman–Crippen MR) is 133 cm³/mol. The van der Waals surface area contributed by atoms with E-state index in [2.05, 4.69) is 4.98 Å². The number of fused-ring (bicyclic) bond motifs is 3. The Morgan fingerprint density at radius 1 is 1.14 bits per heavy atom. The van der Waals surface area contributed by atoms with Crippen molar-refractivity contribution in [2.24, 2.45) is 5.92 Å². The summed E-state index contributed by atoms with van der Waals surface area (Å²) in [6.45, 7) is 1.82. The largest absolute Gasteiger partial charge is 0.489 e. The van der Waals surface area contributed by atoms with E-state index in [0.717, 1.165) is 5.56 Å². The Morgan fingerprint density at radius 3 is 2.65 bits per heavy atom. The first kappa shape index (κ1) is 22.9. The molecule has 0 unspecified atom stereocenters. The summed E-state index contributed by atoms with van der Waals surface area (Å²) in [6.07, 6.45) is -0.445. The number of ether oxygens (including phenoxy) is 1. The zero-order chi connectivity index (χ0) is 25.8. The second-order valence-corrected chi connectivity index (χ2v) is 9.34. The molecule has 4 aliphatic rings. The van der Waals surface area contributed by atoms with E-state index in [4.69, 9.17) is 9.15 Å². The smallest absolute Gasteiger partial charge is 0.352 e. The lowest BCUT2D eigenvalue weighted by Gasteiger charge is -2.44. The van der Waals surface area contributed by atoms with Crippen LogP contribution >= 0.6 is 0 Å². The summed E-state index contributed by atoms with van der Waals surface area (Å²) in [6, 6.07) is 16.8. The van der Waals surface area contributed by atoms with Gasteiger partial charge in [0.2, 0.25) is 5.91 Å². The van der Waals surface area contributed by atoms with Crippen molar-refractivity contribution in [1.29, 1.82) is 0 Å². The molecule has 9 heteroatoms. The molecule has 1 fully saturated rings. The Morgan fingerprint density at radius 2 is 1.92 bits per heavy atom. The minimum atomic E-state index is -1.15. The summed E-state index contributed by atoms with van der Waals surface area (Å²) in [4.78, 5) is 41.8. The van der Waals surface area contributed by atoms with Gasteiger partial charge in [-0.3, -0.25) is 9.59 Å². The number of aliphatic hydroxyl groups is 1. The number of benzene rings is 3. The molecule has 1 saturated heterocycles. The number of hydrogen-bond acceptors (Lipinski definition) is 7. The molecular weight excluding hydrogens is 476 g/mol. The number of carboxylic acids is 1. The predicted octanol–water partition coefficient (Wildman–Crippen LogP) is 3.28. The van der Waals surface area contributed by atoms with Gasteiger partial charge in [0, 0.05) is 12.1 Å². The highest BCUT2D eigenvalue weighted by atomic mass is 16.5. The molecule has 37 heavy (non-hydrogen) atoms. The highest BCUT2D eigenvalue weighted by molar-refractivity contribution is 6.06. The second kappa shape index (κ2) is 8.56. The van der Waals surface area contributed by atoms with Crippen molar-refractivity contribution in [3.05, 3.63) is 87.7 Å². The van der Waals surface area contributed by atoms with E-state index in [1.54, 1.807) is 31.2 Å². The maximum absolute atomic E-state index is 12.4. The molecule has 3 heterocycles. The van der Waals surface area contributed by atoms with Gasteiger partial charge in [-0.1, -0.05) is 24.3 Å². The van der Waals surface area contributed by atoms with Crippen molar-refractivity contribution in [1.82, 2.24) is 9.88 Å². The quantitative estimate of drug-likeness (QED) is 0.306. The average molecular weight is 498 g/mol. The number of carbonyl (C=O) groups excluding carboxylic acids is 1. The van der Waals surface area contributed by atoms with Crippen molar-refractivity contribution < 1.29 is 29.0 Å². The lowest BCUT2D eigenvalue weighted by atomic mass is 9.82. The van der Waals surface area contributed by atoms with Crippen LogP contribution in [0.1, 0.15) is 24.5 Å². The van der Waals surface area contributed by atoms with Gasteiger partial charge in [-0.25, -0.2) is 9.78 Å². The van der Waals surface area contributed by atoms with Crippen molar-refractivity contribution >= 4 is 28.5 Å². The number of carbonyl (C=O) groups is 2. The van der Waals surface area contributed by atoms with Crippen LogP contribution in [0, 0.1) is 5.92 Å². The van der Waals surface area contributed by atoms with E-state index in [-0.39, 0.29) is 29.7 Å². The maximum Gasteiger partial charge on any atom is 0.352 e. The van der Waals surface area contributed by atoms with E-state index < -0.39 is 18.0 Å². The van der Waals surface area contributed by atoms with Crippen LogP contribution in [0.3, 0.4) is 0 Å². The van der Waals surface area contributed by atoms with E-state index >= 15 is 0 Å². The van der Waals surface area contributed by atoms with Crippen molar-refractivity contribution in [2.45, 2.75) is 32.1 Å². The molecule has 186 valence electrons. The standard InChI is InChI=1S/C28H22N2O7/c1-14(31)25-22-12-19(26(28(34)35)30(22)27(25)33)16-4-2-15(3-5-16)13-36-18-7-9-21-24(11-18)37-23-10-17(32)6-8-20(23)29-21/h2-11,14,22,25,31H,12-13H2,1H3,(H,34,35)/t14-,22-,25-/m1/s1.